The lowest BCUT2D eigenvalue weighted by atomic mass is 9.97. The zero-order valence-electron chi connectivity index (χ0n) is 13.6. The van der Waals surface area contributed by atoms with Gasteiger partial charge in [0.15, 0.2) is 0 Å². The van der Waals surface area contributed by atoms with E-state index < -0.39 is 24.0 Å². The van der Waals surface area contributed by atoms with Crippen LogP contribution in [0.25, 0.3) is 0 Å². The van der Waals surface area contributed by atoms with Crippen LogP contribution in [0.2, 0.25) is 0 Å². The lowest BCUT2D eigenvalue weighted by Gasteiger charge is -2.23. The molecule has 2 N–H and O–H groups in total. The van der Waals surface area contributed by atoms with Crippen LogP contribution in [0.3, 0.4) is 0 Å². The standard InChI is InChI=1S/C17H22N2O4/c1-9(2)8-22-17(21)19-7-12(16(18)20)15-13(19)11-6-4-5-10(3)14(11)23-15/h4-6,9,12-13,15H,7-8H2,1-3H3,(H2,18,20)/t12-,13+,15+/m1/s1. The molecule has 2 aliphatic rings. The first-order chi connectivity index (χ1) is 10.9. The van der Waals surface area contributed by atoms with E-state index in [9.17, 15) is 9.59 Å². The quantitative estimate of drug-likeness (QED) is 0.924. The van der Waals surface area contributed by atoms with Crippen LogP contribution in [0, 0.1) is 18.8 Å². The molecule has 2 aliphatic heterocycles. The number of likely N-dealkylation sites (tertiary alicyclic amines) is 1. The maximum atomic E-state index is 12.5. The van der Waals surface area contributed by atoms with Crippen LogP contribution < -0.4 is 10.5 Å². The Morgan fingerprint density at radius 3 is 2.83 bits per heavy atom. The molecular formula is C17H22N2O4. The molecule has 124 valence electrons. The Morgan fingerprint density at radius 2 is 2.17 bits per heavy atom. The highest BCUT2D eigenvalue weighted by Gasteiger charge is 2.53. The second kappa shape index (κ2) is 5.76. The predicted molar refractivity (Wildman–Crippen MR) is 83.9 cm³/mol. The minimum atomic E-state index is -0.529. The highest BCUT2D eigenvalue weighted by atomic mass is 16.6. The Morgan fingerprint density at radius 1 is 1.43 bits per heavy atom. The van der Waals surface area contributed by atoms with Crippen molar-refractivity contribution in [1.82, 2.24) is 4.90 Å². The number of benzene rings is 1. The summed E-state index contributed by atoms with van der Waals surface area (Å²) in [7, 11) is 0. The molecule has 3 rings (SSSR count). The summed E-state index contributed by atoms with van der Waals surface area (Å²) >= 11 is 0. The number of rotatable bonds is 3. The maximum absolute atomic E-state index is 12.5. The van der Waals surface area contributed by atoms with Crippen molar-refractivity contribution < 1.29 is 19.1 Å². The van der Waals surface area contributed by atoms with Gasteiger partial charge in [-0.3, -0.25) is 9.69 Å². The molecule has 3 atom stereocenters. The van der Waals surface area contributed by atoms with Crippen molar-refractivity contribution >= 4 is 12.0 Å². The smallest absolute Gasteiger partial charge is 0.410 e. The van der Waals surface area contributed by atoms with Crippen molar-refractivity contribution in [3.63, 3.8) is 0 Å². The van der Waals surface area contributed by atoms with E-state index in [2.05, 4.69) is 0 Å². The summed E-state index contributed by atoms with van der Waals surface area (Å²) < 4.78 is 11.3. The van der Waals surface area contributed by atoms with E-state index in [4.69, 9.17) is 15.2 Å². The average molecular weight is 318 g/mol. The van der Waals surface area contributed by atoms with Gasteiger partial charge in [0.25, 0.3) is 0 Å². The van der Waals surface area contributed by atoms with E-state index in [1.165, 1.54) is 0 Å². The molecule has 1 aromatic carbocycles. The summed E-state index contributed by atoms with van der Waals surface area (Å²) in [6.07, 6.45) is -0.856. The number of carbonyl (C=O) groups excluding carboxylic acids is 2. The Hall–Kier alpha value is -2.24. The highest BCUT2D eigenvalue weighted by Crippen LogP contribution is 2.48. The number of aryl methyl sites for hydroxylation is 1. The number of para-hydroxylation sites is 1. The summed E-state index contributed by atoms with van der Waals surface area (Å²) in [4.78, 5) is 25.8. The molecule has 1 saturated heterocycles. The monoisotopic (exact) mass is 318 g/mol. The van der Waals surface area contributed by atoms with Gasteiger partial charge in [0.2, 0.25) is 5.91 Å². The fourth-order valence-corrected chi connectivity index (χ4v) is 3.28. The SMILES string of the molecule is Cc1cccc2c1O[C@H]1[C@H](C(N)=O)CN(C(=O)OCC(C)C)[C@@H]21. The molecule has 23 heavy (non-hydrogen) atoms. The molecule has 6 heteroatoms. The molecule has 0 unspecified atom stereocenters. The zero-order valence-corrected chi connectivity index (χ0v) is 13.6. The summed E-state index contributed by atoms with van der Waals surface area (Å²) in [5, 5.41) is 0. The number of primary amides is 1. The minimum absolute atomic E-state index is 0.231. The van der Waals surface area contributed by atoms with Gasteiger partial charge in [-0.05, 0) is 18.4 Å². The Bertz CT molecular complexity index is 643. The molecule has 0 bridgehead atoms. The van der Waals surface area contributed by atoms with Gasteiger partial charge in [-0.15, -0.1) is 0 Å². The minimum Gasteiger partial charge on any atom is -0.486 e. The molecule has 6 nitrogen and oxygen atoms in total. The van der Waals surface area contributed by atoms with Crippen LogP contribution in [-0.4, -0.2) is 36.2 Å². The van der Waals surface area contributed by atoms with Crippen molar-refractivity contribution in [3.8, 4) is 5.75 Å². The fourth-order valence-electron chi connectivity index (χ4n) is 3.28. The second-order valence-electron chi connectivity index (χ2n) is 6.65. The van der Waals surface area contributed by atoms with Gasteiger partial charge in [-0.25, -0.2) is 4.79 Å². The van der Waals surface area contributed by atoms with E-state index in [1.807, 2.05) is 39.0 Å². The maximum Gasteiger partial charge on any atom is 0.410 e. The van der Waals surface area contributed by atoms with Crippen LogP contribution in [0.5, 0.6) is 5.75 Å². The molecule has 1 fully saturated rings. The third kappa shape index (κ3) is 2.62. The number of hydrogen-bond donors (Lipinski definition) is 1. The molecular weight excluding hydrogens is 296 g/mol. The molecule has 2 heterocycles. The topological polar surface area (TPSA) is 81.9 Å². The van der Waals surface area contributed by atoms with Crippen LogP contribution in [-0.2, 0) is 9.53 Å². The number of nitrogens with two attached hydrogens (primary N) is 1. The van der Waals surface area contributed by atoms with Gasteiger partial charge in [-0.1, -0.05) is 32.0 Å². The number of fused-ring (bicyclic) bond motifs is 3. The Labute approximate surface area is 135 Å². The van der Waals surface area contributed by atoms with Gasteiger partial charge < -0.3 is 15.2 Å². The van der Waals surface area contributed by atoms with Crippen molar-refractivity contribution in [2.45, 2.75) is 32.9 Å². The van der Waals surface area contributed by atoms with Crippen molar-refractivity contribution in [3.05, 3.63) is 29.3 Å². The molecule has 0 saturated carbocycles. The van der Waals surface area contributed by atoms with Gasteiger partial charge >= 0.3 is 6.09 Å². The van der Waals surface area contributed by atoms with E-state index in [0.717, 1.165) is 16.9 Å². The third-order valence-corrected chi connectivity index (χ3v) is 4.39. The van der Waals surface area contributed by atoms with Gasteiger partial charge in [0, 0.05) is 12.1 Å². The number of amides is 2. The van der Waals surface area contributed by atoms with Crippen LogP contribution >= 0.6 is 0 Å². The number of carbonyl (C=O) groups is 2. The first-order valence-electron chi connectivity index (χ1n) is 7.89. The third-order valence-electron chi connectivity index (χ3n) is 4.39. The lowest BCUT2D eigenvalue weighted by Crippen LogP contribution is -2.35. The summed E-state index contributed by atoms with van der Waals surface area (Å²) in [5.74, 6) is 0.0109. The summed E-state index contributed by atoms with van der Waals surface area (Å²) in [6, 6.07) is 5.48. The molecule has 0 spiro atoms. The second-order valence-corrected chi connectivity index (χ2v) is 6.65. The summed E-state index contributed by atoms with van der Waals surface area (Å²) in [6.45, 7) is 6.47. The average Bonchev–Trinajstić information content (AvgIpc) is 3.03. The van der Waals surface area contributed by atoms with E-state index in [-0.39, 0.29) is 18.5 Å². The van der Waals surface area contributed by atoms with Gasteiger partial charge in [-0.2, -0.15) is 0 Å². The van der Waals surface area contributed by atoms with E-state index in [1.54, 1.807) is 4.90 Å². The fraction of sp³-hybridized carbons (Fsp3) is 0.529. The lowest BCUT2D eigenvalue weighted by molar-refractivity contribution is -0.123. The largest absolute Gasteiger partial charge is 0.486 e. The highest BCUT2D eigenvalue weighted by molar-refractivity contribution is 5.81. The first-order valence-corrected chi connectivity index (χ1v) is 7.89. The van der Waals surface area contributed by atoms with Crippen LogP contribution in [0.4, 0.5) is 4.79 Å². The molecule has 1 aromatic rings. The van der Waals surface area contributed by atoms with Gasteiger partial charge in [0.05, 0.1) is 12.5 Å². The first kappa shape index (κ1) is 15.6. The van der Waals surface area contributed by atoms with Crippen LogP contribution in [0.1, 0.15) is 31.0 Å². The molecule has 2 amide bonds. The Balaban J connectivity index is 1.91. The molecule has 0 aliphatic carbocycles. The number of hydrogen-bond acceptors (Lipinski definition) is 4. The number of ether oxygens (including phenoxy) is 2. The molecule has 0 radical (unpaired) electrons. The zero-order chi connectivity index (χ0) is 16.7. The Kier molecular flexibility index (Phi) is 3.92. The van der Waals surface area contributed by atoms with E-state index in [0.29, 0.717) is 6.61 Å². The van der Waals surface area contributed by atoms with Crippen molar-refractivity contribution in [2.75, 3.05) is 13.2 Å². The van der Waals surface area contributed by atoms with Gasteiger partial charge in [0.1, 0.15) is 17.9 Å². The van der Waals surface area contributed by atoms with E-state index >= 15 is 0 Å². The normalized spacial score (nSPS) is 25.0. The van der Waals surface area contributed by atoms with Crippen molar-refractivity contribution in [2.24, 2.45) is 17.6 Å². The van der Waals surface area contributed by atoms with Crippen molar-refractivity contribution in [1.29, 1.82) is 0 Å². The summed E-state index contributed by atoms with van der Waals surface area (Å²) in [5.41, 5.74) is 7.41. The molecule has 0 aromatic heterocycles. The number of nitrogens with zero attached hydrogens (tertiary/aromatic N) is 1. The predicted octanol–water partition coefficient (Wildman–Crippen LogP) is 2.01. The van der Waals surface area contributed by atoms with Crippen LogP contribution in [0.15, 0.2) is 18.2 Å².